The number of hydrogen-bond donors (Lipinski definition) is 0. The minimum atomic E-state index is -0.315. The molecule has 1 aromatic rings. The zero-order valence-electron chi connectivity index (χ0n) is 10.3. The lowest BCUT2D eigenvalue weighted by Gasteiger charge is -2.04. The van der Waals surface area contributed by atoms with Gasteiger partial charge in [-0.3, -0.25) is 14.3 Å². The van der Waals surface area contributed by atoms with Gasteiger partial charge in [0.25, 0.3) is 0 Å². The first kappa shape index (κ1) is 13.4. The van der Waals surface area contributed by atoms with Crippen molar-refractivity contribution in [3.63, 3.8) is 0 Å². The molecule has 17 heavy (non-hydrogen) atoms. The molecule has 0 unspecified atom stereocenters. The monoisotopic (exact) mass is 238 g/mol. The molecule has 0 fully saturated rings. The summed E-state index contributed by atoms with van der Waals surface area (Å²) in [5.41, 5.74) is 0.890. The van der Waals surface area contributed by atoms with Crippen molar-refractivity contribution in [3.05, 3.63) is 18.0 Å². The van der Waals surface area contributed by atoms with Crippen molar-refractivity contribution >= 4 is 11.8 Å². The van der Waals surface area contributed by atoms with Crippen LogP contribution in [0, 0.1) is 0 Å². The van der Waals surface area contributed by atoms with E-state index in [0.29, 0.717) is 13.0 Å². The molecule has 0 aliphatic heterocycles. The van der Waals surface area contributed by atoms with Crippen molar-refractivity contribution in [1.29, 1.82) is 0 Å². The van der Waals surface area contributed by atoms with Crippen LogP contribution >= 0.6 is 0 Å². The highest BCUT2D eigenvalue weighted by molar-refractivity contribution is 5.84. The third kappa shape index (κ3) is 4.38. The predicted molar refractivity (Wildman–Crippen MR) is 62.5 cm³/mol. The topological polar surface area (TPSA) is 61.2 Å². The maximum absolute atomic E-state index is 11.6. The maximum atomic E-state index is 11.6. The first-order chi connectivity index (χ1) is 8.17. The van der Waals surface area contributed by atoms with Crippen LogP contribution in [0.5, 0.6) is 0 Å². The van der Waals surface area contributed by atoms with Gasteiger partial charge in [0.1, 0.15) is 5.78 Å². The van der Waals surface area contributed by atoms with Gasteiger partial charge in [-0.1, -0.05) is 0 Å². The number of aromatic nitrogens is 2. The summed E-state index contributed by atoms with van der Waals surface area (Å²) in [6.07, 6.45) is 2.39. The number of nitrogens with zero attached hydrogens (tertiary/aromatic N) is 2. The summed E-state index contributed by atoms with van der Waals surface area (Å²) in [7, 11) is 0. The third-order valence-corrected chi connectivity index (χ3v) is 2.40. The van der Waals surface area contributed by atoms with Gasteiger partial charge in [0, 0.05) is 31.3 Å². The molecule has 0 bridgehead atoms. The quantitative estimate of drug-likeness (QED) is 0.673. The highest BCUT2D eigenvalue weighted by Gasteiger charge is 2.10. The zero-order chi connectivity index (χ0) is 12.7. The van der Waals surface area contributed by atoms with E-state index in [1.165, 1.54) is 0 Å². The molecule has 94 valence electrons. The average molecular weight is 238 g/mol. The van der Waals surface area contributed by atoms with E-state index in [0.717, 1.165) is 12.2 Å². The second kappa shape index (κ2) is 6.83. The lowest BCUT2D eigenvalue weighted by Crippen LogP contribution is -2.12. The van der Waals surface area contributed by atoms with Crippen LogP contribution in [0.4, 0.5) is 0 Å². The molecule has 0 amide bonds. The molecule has 0 aliphatic carbocycles. The van der Waals surface area contributed by atoms with Crippen molar-refractivity contribution in [2.75, 3.05) is 6.61 Å². The summed E-state index contributed by atoms with van der Waals surface area (Å²) >= 11 is 0. The summed E-state index contributed by atoms with van der Waals surface area (Å²) in [6, 6.07) is 1.83. The van der Waals surface area contributed by atoms with Gasteiger partial charge in [0.15, 0.2) is 0 Å². The Bertz CT molecular complexity index is 385. The fourth-order valence-corrected chi connectivity index (χ4v) is 1.56. The van der Waals surface area contributed by atoms with Crippen LogP contribution in [0.1, 0.15) is 32.4 Å². The summed E-state index contributed by atoms with van der Waals surface area (Å²) in [5.74, 6) is -0.280. The van der Waals surface area contributed by atoms with Gasteiger partial charge in [-0.25, -0.2) is 0 Å². The molecule has 0 radical (unpaired) electrons. The molecule has 0 spiro atoms. The fraction of sp³-hybridized carbons (Fsp3) is 0.583. The van der Waals surface area contributed by atoms with Crippen LogP contribution in [0.2, 0.25) is 0 Å². The predicted octanol–water partition coefficient (Wildman–Crippen LogP) is 1.36. The second-order valence-corrected chi connectivity index (χ2v) is 3.66. The molecule has 0 aliphatic rings. The third-order valence-electron chi connectivity index (χ3n) is 2.40. The minimum absolute atomic E-state index is 0.0354. The van der Waals surface area contributed by atoms with Gasteiger partial charge in [-0.2, -0.15) is 5.10 Å². The fourth-order valence-electron chi connectivity index (χ4n) is 1.56. The number of carbonyl (C=O) groups is 2. The molecule has 0 saturated heterocycles. The molecule has 0 saturated carbocycles. The molecule has 0 N–H and O–H groups in total. The molecular formula is C12H18N2O3. The lowest BCUT2D eigenvalue weighted by atomic mass is 10.1. The van der Waals surface area contributed by atoms with Crippen LogP contribution in [-0.4, -0.2) is 28.1 Å². The van der Waals surface area contributed by atoms with E-state index in [-0.39, 0.29) is 24.6 Å². The molecule has 0 atom stereocenters. The first-order valence-electron chi connectivity index (χ1n) is 5.85. The Kier molecular flexibility index (Phi) is 5.39. The lowest BCUT2D eigenvalue weighted by molar-refractivity contribution is -0.144. The van der Waals surface area contributed by atoms with Crippen LogP contribution in [0.25, 0.3) is 0 Å². The standard InChI is InChI=1S/C12H18N2O3/c1-3-14-10(7-8-13-14)9-11(15)5-6-12(16)17-4-2/h7-8H,3-6,9H2,1-2H3. The van der Waals surface area contributed by atoms with Crippen molar-refractivity contribution in [3.8, 4) is 0 Å². The van der Waals surface area contributed by atoms with Crippen molar-refractivity contribution in [1.82, 2.24) is 9.78 Å². The van der Waals surface area contributed by atoms with Crippen LogP contribution < -0.4 is 0 Å². The number of esters is 1. The Balaban J connectivity index is 2.37. The Labute approximate surface area is 101 Å². The highest BCUT2D eigenvalue weighted by Crippen LogP contribution is 2.04. The first-order valence-corrected chi connectivity index (χ1v) is 5.85. The molecule has 1 heterocycles. The second-order valence-electron chi connectivity index (χ2n) is 3.66. The van der Waals surface area contributed by atoms with Gasteiger partial charge in [-0.05, 0) is 19.9 Å². The van der Waals surface area contributed by atoms with Gasteiger partial charge in [-0.15, -0.1) is 0 Å². The minimum Gasteiger partial charge on any atom is -0.466 e. The number of aryl methyl sites for hydroxylation is 1. The van der Waals surface area contributed by atoms with E-state index < -0.39 is 0 Å². The van der Waals surface area contributed by atoms with Gasteiger partial charge >= 0.3 is 5.97 Å². The summed E-state index contributed by atoms with van der Waals surface area (Å²) in [6.45, 7) is 4.82. The molecule has 5 heteroatoms. The van der Waals surface area contributed by atoms with Gasteiger partial charge in [0.05, 0.1) is 13.0 Å². The number of Topliss-reactive ketones (excluding diaryl/α,β-unsaturated/α-hetero) is 1. The number of ether oxygens (including phenoxy) is 1. The zero-order valence-corrected chi connectivity index (χ0v) is 10.3. The van der Waals surface area contributed by atoms with Gasteiger partial charge < -0.3 is 4.74 Å². The maximum Gasteiger partial charge on any atom is 0.306 e. The number of rotatable bonds is 7. The van der Waals surface area contributed by atoms with Gasteiger partial charge in [0.2, 0.25) is 0 Å². The highest BCUT2D eigenvalue weighted by atomic mass is 16.5. The number of ketones is 1. The molecule has 0 aromatic carbocycles. The number of carbonyl (C=O) groups excluding carboxylic acids is 2. The van der Waals surface area contributed by atoms with E-state index in [9.17, 15) is 9.59 Å². The normalized spacial score (nSPS) is 10.2. The van der Waals surface area contributed by atoms with Crippen LogP contribution in [0.3, 0.4) is 0 Å². The van der Waals surface area contributed by atoms with Crippen molar-refractivity contribution < 1.29 is 14.3 Å². The molecule has 5 nitrogen and oxygen atoms in total. The largest absolute Gasteiger partial charge is 0.466 e. The average Bonchev–Trinajstić information content (AvgIpc) is 2.74. The van der Waals surface area contributed by atoms with Crippen molar-refractivity contribution in [2.45, 2.75) is 39.7 Å². The Morgan fingerprint density at radius 1 is 1.35 bits per heavy atom. The molecular weight excluding hydrogens is 220 g/mol. The van der Waals surface area contributed by atoms with E-state index in [2.05, 4.69) is 5.10 Å². The van der Waals surface area contributed by atoms with E-state index >= 15 is 0 Å². The van der Waals surface area contributed by atoms with Crippen LogP contribution in [-0.2, 0) is 27.3 Å². The molecule has 1 aromatic heterocycles. The molecule has 1 rings (SSSR count). The summed E-state index contributed by atoms with van der Waals surface area (Å²) < 4.78 is 6.54. The SMILES string of the molecule is CCOC(=O)CCC(=O)Cc1ccnn1CC. The smallest absolute Gasteiger partial charge is 0.306 e. The Hall–Kier alpha value is -1.65. The Morgan fingerprint density at radius 3 is 2.76 bits per heavy atom. The van der Waals surface area contributed by atoms with Crippen molar-refractivity contribution in [2.24, 2.45) is 0 Å². The van der Waals surface area contributed by atoms with E-state index in [1.807, 2.05) is 13.0 Å². The van der Waals surface area contributed by atoms with E-state index in [1.54, 1.807) is 17.8 Å². The Morgan fingerprint density at radius 2 is 2.12 bits per heavy atom. The summed E-state index contributed by atoms with van der Waals surface area (Å²) in [4.78, 5) is 22.7. The van der Waals surface area contributed by atoms with E-state index in [4.69, 9.17) is 4.74 Å². The summed E-state index contributed by atoms with van der Waals surface area (Å²) in [5, 5.41) is 4.09. The number of hydrogen-bond acceptors (Lipinski definition) is 4. The van der Waals surface area contributed by atoms with Crippen LogP contribution in [0.15, 0.2) is 12.3 Å².